The van der Waals surface area contributed by atoms with Crippen LogP contribution in [0, 0.1) is 0 Å². The van der Waals surface area contributed by atoms with Crippen LogP contribution in [0.1, 0.15) is 41.3 Å². The average Bonchev–Trinajstić information content (AvgIpc) is 2.73. The molecule has 2 amide bonds. The number of rotatable bonds is 6. The fraction of sp³-hybridized carbons (Fsp3) is 0.120. The maximum Gasteiger partial charge on any atom is 0.255 e. The molecular formula is C25H24N2O2. The van der Waals surface area contributed by atoms with E-state index in [0.717, 1.165) is 5.56 Å². The second-order valence-electron chi connectivity index (χ2n) is 7.04. The highest BCUT2D eigenvalue weighted by atomic mass is 16.2. The zero-order valence-corrected chi connectivity index (χ0v) is 16.6. The molecule has 146 valence electrons. The van der Waals surface area contributed by atoms with E-state index in [1.807, 2.05) is 30.3 Å². The van der Waals surface area contributed by atoms with E-state index in [4.69, 9.17) is 0 Å². The number of carbonyl (C=O) groups excluding carboxylic acids is 2. The molecule has 0 saturated heterocycles. The fourth-order valence-corrected chi connectivity index (χ4v) is 2.82. The number of anilines is 2. The molecule has 2 N–H and O–H groups in total. The summed E-state index contributed by atoms with van der Waals surface area (Å²) in [6.45, 7) is 4.30. The van der Waals surface area contributed by atoms with E-state index in [2.05, 4.69) is 36.6 Å². The highest BCUT2D eigenvalue weighted by molar-refractivity contribution is 6.05. The molecule has 0 spiro atoms. The van der Waals surface area contributed by atoms with E-state index in [-0.39, 0.29) is 11.8 Å². The van der Waals surface area contributed by atoms with Crippen LogP contribution in [-0.4, -0.2) is 11.8 Å². The lowest BCUT2D eigenvalue weighted by atomic mass is 10.0. The first kappa shape index (κ1) is 20.1. The van der Waals surface area contributed by atoms with Crippen molar-refractivity contribution in [2.45, 2.75) is 19.8 Å². The summed E-state index contributed by atoms with van der Waals surface area (Å²) >= 11 is 0. The van der Waals surface area contributed by atoms with Gasteiger partial charge in [0.25, 0.3) is 5.91 Å². The average molecular weight is 384 g/mol. The standard InChI is InChI=1S/C25H24N2O2/c1-18(2)20-14-11-19(12-15-20)13-16-24(28)26-22-9-6-10-23(17-22)27-25(29)21-7-4-3-5-8-21/h3-18H,1-2H3,(H,26,28)(H,27,29)/b16-13+. The van der Waals surface area contributed by atoms with Crippen molar-refractivity contribution >= 4 is 29.3 Å². The van der Waals surface area contributed by atoms with Crippen molar-refractivity contribution in [3.63, 3.8) is 0 Å². The van der Waals surface area contributed by atoms with Gasteiger partial charge in [0.15, 0.2) is 0 Å². The van der Waals surface area contributed by atoms with Crippen molar-refractivity contribution in [3.05, 3.63) is 102 Å². The number of hydrogen-bond acceptors (Lipinski definition) is 2. The van der Waals surface area contributed by atoms with Crippen molar-refractivity contribution in [2.24, 2.45) is 0 Å². The van der Waals surface area contributed by atoms with Crippen LogP contribution in [0.5, 0.6) is 0 Å². The molecule has 0 bridgehead atoms. The summed E-state index contributed by atoms with van der Waals surface area (Å²) in [6.07, 6.45) is 3.28. The van der Waals surface area contributed by atoms with Gasteiger partial charge in [-0.1, -0.05) is 62.4 Å². The van der Waals surface area contributed by atoms with Crippen LogP contribution in [0.25, 0.3) is 6.08 Å². The first-order valence-electron chi connectivity index (χ1n) is 9.57. The molecule has 0 aliphatic carbocycles. The lowest BCUT2D eigenvalue weighted by Gasteiger charge is -2.08. The van der Waals surface area contributed by atoms with Gasteiger partial charge in [-0.25, -0.2) is 0 Å². The van der Waals surface area contributed by atoms with Gasteiger partial charge in [0.2, 0.25) is 5.91 Å². The van der Waals surface area contributed by atoms with E-state index < -0.39 is 0 Å². The Balaban J connectivity index is 1.60. The summed E-state index contributed by atoms with van der Waals surface area (Å²) in [5.74, 6) is 0.0503. The van der Waals surface area contributed by atoms with Gasteiger partial charge in [-0.3, -0.25) is 9.59 Å². The summed E-state index contributed by atoms with van der Waals surface area (Å²) in [7, 11) is 0. The molecular weight excluding hydrogens is 360 g/mol. The van der Waals surface area contributed by atoms with E-state index in [9.17, 15) is 9.59 Å². The smallest absolute Gasteiger partial charge is 0.255 e. The van der Waals surface area contributed by atoms with Crippen LogP contribution in [0.3, 0.4) is 0 Å². The second-order valence-corrected chi connectivity index (χ2v) is 7.04. The largest absolute Gasteiger partial charge is 0.322 e. The van der Waals surface area contributed by atoms with Crippen LogP contribution in [0.4, 0.5) is 11.4 Å². The van der Waals surface area contributed by atoms with E-state index in [1.54, 1.807) is 42.5 Å². The van der Waals surface area contributed by atoms with Gasteiger partial charge in [-0.05, 0) is 53.5 Å². The van der Waals surface area contributed by atoms with Gasteiger partial charge < -0.3 is 10.6 Å². The molecule has 0 aliphatic rings. The first-order valence-corrected chi connectivity index (χ1v) is 9.57. The zero-order valence-electron chi connectivity index (χ0n) is 16.6. The molecule has 0 aliphatic heterocycles. The van der Waals surface area contributed by atoms with Crippen LogP contribution < -0.4 is 10.6 Å². The molecule has 0 radical (unpaired) electrons. The number of benzene rings is 3. The maximum absolute atomic E-state index is 12.3. The molecule has 0 atom stereocenters. The maximum atomic E-state index is 12.3. The quantitative estimate of drug-likeness (QED) is 0.535. The highest BCUT2D eigenvalue weighted by Crippen LogP contribution is 2.17. The van der Waals surface area contributed by atoms with E-state index >= 15 is 0 Å². The molecule has 3 aromatic carbocycles. The van der Waals surface area contributed by atoms with Crippen molar-refractivity contribution in [1.82, 2.24) is 0 Å². The van der Waals surface area contributed by atoms with Crippen molar-refractivity contribution in [1.29, 1.82) is 0 Å². The Kier molecular flexibility index (Phi) is 6.59. The molecule has 0 fully saturated rings. The van der Waals surface area contributed by atoms with E-state index in [1.165, 1.54) is 11.6 Å². The molecule has 3 aromatic rings. The predicted molar refractivity (Wildman–Crippen MR) is 119 cm³/mol. The Morgan fingerprint density at radius 1 is 0.793 bits per heavy atom. The molecule has 0 aromatic heterocycles. The van der Waals surface area contributed by atoms with Gasteiger partial charge in [0.1, 0.15) is 0 Å². The number of amides is 2. The Hall–Kier alpha value is -3.66. The minimum absolute atomic E-state index is 0.196. The van der Waals surface area contributed by atoms with Gasteiger partial charge in [0, 0.05) is 23.0 Å². The second kappa shape index (κ2) is 9.51. The van der Waals surface area contributed by atoms with Crippen molar-refractivity contribution in [3.8, 4) is 0 Å². The molecule has 4 nitrogen and oxygen atoms in total. The predicted octanol–water partition coefficient (Wildman–Crippen LogP) is 5.71. The fourth-order valence-electron chi connectivity index (χ4n) is 2.82. The van der Waals surface area contributed by atoms with Crippen LogP contribution in [0.2, 0.25) is 0 Å². The molecule has 29 heavy (non-hydrogen) atoms. The monoisotopic (exact) mass is 384 g/mol. The summed E-state index contributed by atoms with van der Waals surface area (Å²) in [6, 6.07) is 24.2. The van der Waals surface area contributed by atoms with Gasteiger partial charge in [0.05, 0.1) is 0 Å². The van der Waals surface area contributed by atoms with Crippen LogP contribution >= 0.6 is 0 Å². The minimum Gasteiger partial charge on any atom is -0.322 e. The van der Waals surface area contributed by atoms with Crippen LogP contribution in [-0.2, 0) is 4.79 Å². The number of nitrogens with one attached hydrogen (secondary N) is 2. The van der Waals surface area contributed by atoms with Gasteiger partial charge in [-0.2, -0.15) is 0 Å². The molecule has 0 saturated carbocycles. The topological polar surface area (TPSA) is 58.2 Å². The summed E-state index contributed by atoms with van der Waals surface area (Å²) in [5.41, 5.74) is 4.04. The normalized spacial score (nSPS) is 10.9. The number of hydrogen-bond donors (Lipinski definition) is 2. The third-order valence-electron chi connectivity index (χ3n) is 4.45. The third-order valence-corrected chi connectivity index (χ3v) is 4.45. The summed E-state index contributed by atoms with van der Waals surface area (Å²) in [4.78, 5) is 24.5. The lowest BCUT2D eigenvalue weighted by Crippen LogP contribution is -2.12. The Morgan fingerprint density at radius 2 is 1.45 bits per heavy atom. The summed E-state index contributed by atoms with van der Waals surface area (Å²) < 4.78 is 0. The molecule has 4 heteroatoms. The van der Waals surface area contributed by atoms with E-state index in [0.29, 0.717) is 22.9 Å². The minimum atomic E-state index is -0.232. The summed E-state index contributed by atoms with van der Waals surface area (Å²) in [5, 5.41) is 5.65. The lowest BCUT2D eigenvalue weighted by molar-refractivity contribution is -0.111. The van der Waals surface area contributed by atoms with Crippen molar-refractivity contribution < 1.29 is 9.59 Å². The Labute approximate surface area is 171 Å². The molecule has 0 unspecified atom stereocenters. The SMILES string of the molecule is CC(C)c1ccc(/C=C/C(=O)Nc2cccc(NC(=O)c3ccccc3)c2)cc1. The van der Waals surface area contributed by atoms with Gasteiger partial charge >= 0.3 is 0 Å². The Bertz CT molecular complexity index is 1010. The Morgan fingerprint density at radius 3 is 2.10 bits per heavy atom. The third kappa shape index (κ3) is 5.91. The molecule has 0 heterocycles. The number of carbonyl (C=O) groups is 2. The highest BCUT2D eigenvalue weighted by Gasteiger charge is 2.06. The molecule has 3 rings (SSSR count). The van der Waals surface area contributed by atoms with Gasteiger partial charge in [-0.15, -0.1) is 0 Å². The van der Waals surface area contributed by atoms with Crippen LogP contribution in [0.15, 0.2) is 84.9 Å². The first-order chi connectivity index (χ1) is 14.0. The zero-order chi connectivity index (χ0) is 20.6. The van der Waals surface area contributed by atoms with Crippen molar-refractivity contribution in [2.75, 3.05) is 10.6 Å².